The summed E-state index contributed by atoms with van der Waals surface area (Å²) in [6.07, 6.45) is -4.91. The third-order valence-corrected chi connectivity index (χ3v) is 7.06. The first kappa shape index (κ1) is 23.6. The van der Waals surface area contributed by atoms with Crippen molar-refractivity contribution in [3.8, 4) is 0 Å². The van der Waals surface area contributed by atoms with Crippen molar-refractivity contribution in [3.63, 3.8) is 0 Å². The van der Waals surface area contributed by atoms with Crippen LogP contribution in [0.25, 0.3) is 9.40 Å². The summed E-state index contributed by atoms with van der Waals surface area (Å²) < 4.78 is 34.0. The van der Waals surface area contributed by atoms with Crippen LogP contribution in [0.5, 0.6) is 0 Å². The smallest absolute Gasteiger partial charge is 0.481 e. The van der Waals surface area contributed by atoms with Crippen LogP contribution in [-0.2, 0) is 9.59 Å². The molecule has 2 aromatic rings. The molecule has 0 aliphatic carbocycles. The van der Waals surface area contributed by atoms with Crippen LogP contribution in [0.3, 0.4) is 0 Å². The van der Waals surface area contributed by atoms with Crippen LogP contribution in [0.4, 0.5) is 13.2 Å². The van der Waals surface area contributed by atoms with E-state index in [-0.39, 0.29) is 12.3 Å². The molecular formula is C14H14F3NO5S4. The van der Waals surface area contributed by atoms with Gasteiger partial charge in [-0.25, -0.2) is 4.79 Å². The van der Waals surface area contributed by atoms with E-state index in [0.717, 1.165) is 20.0 Å². The number of fused-ring (bicyclic) bond motifs is 1. The molecule has 2 aromatic heterocycles. The molecule has 0 spiro atoms. The van der Waals surface area contributed by atoms with Crippen molar-refractivity contribution in [1.82, 2.24) is 5.32 Å². The van der Waals surface area contributed by atoms with Crippen LogP contribution < -0.4 is 5.32 Å². The van der Waals surface area contributed by atoms with Gasteiger partial charge in [-0.05, 0) is 17.5 Å². The van der Waals surface area contributed by atoms with Crippen LogP contribution in [0.2, 0.25) is 0 Å². The summed E-state index contributed by atoms with van der Waals surface area (Å²) in [7, 11) is 3.11. The zero-order valence-electron chi connectivity index (χ0n) is 13.4. The number of carbonyl (C=O) groups excluding carboxylic acids is 1. The lowest BCUT2D eigenvalue weighted by Gasteiger charge is -2.02. The maximum absolute atomic E-state index is 11.9. The van der Waals surface area contributed by atoms with Crippen molar-refractivity contribution in [3.05, 3.63) is 22.4 Å². The van der Waals surface area contributed by atoms with Crippen molar-refractivity contribution in [2.75, 3.05) is 18.1 Å². The fraction of sp³-hybridized carbons (Fsp3) is 0.357. The molecule has 150 valence electrons. The summed E-state index contributed by atoms with van der Waals surface area (Å²) in [6.45, 7) is 0.592. The Morgan fingerprint density at radius 2 is 1.74 bits per heavy atom. The maximum Gasteiger partial charge on any atom is 0.490 e. The number of rotatable bonds is 8. The van der Waals surface area contributed by atoms with Crippen LogP contribution >= 0.6 is 44.3 Å². The minimum absolute atomic E-state index is 0.0328. The molecule has 0 aromatic carbocycles. The summed E-state index contributed by atoms with van der Waals surface area (Å²) >= 11 is 3.15. The second-order valence-corrected chi connectivity index (χ2v) is 9.34. The second kappa shape index (κ2) is 11.4. The summed E-state index contributed by atoms with van der Waals surface area (Å²) in [6, 6.07) is 3.95. The first-order valence-corrected chi connectivity index (χ1v) is 11.3. The molecule has 1 amide bonds. The van der Waals surface area contributed by atoms with E-state index in [9.17, 15) is 22.8 Å². The number of amides is 1. The predicted molar refractivity (Wildman–Crippen MR) is 103 cm³/mol. The molecule has 0 saturated carbocycles. The molecule has 0 radical (unpaired) electrons. The molecule has 0 atom stereocenters. The van der Waals surface area contributed by atoms with E-state index in [1.807, 2.05) is 17.5 Å². The molecule has 2 rings (SSSR count). The molecule has 3 N–H and O–H groups in total. The van der Waals surface area contributed by atoms with Crippen LogP contribution in [0, 0.1) is 0 Å². The number of hydrogen-bond acceptors (Lipinski definition) is 7. The number of nitrogens with one attached hydrogen (secondary N) is 1. The van der Waals surface area contributed by atoms with Crippen molar-refractivity contribution in [2.24, 2.45) is 0 Å². The Bertz CT molecular complexity index is 746. The van der Waals surface area contributed by atoms with E-state index < -0.39 is 18.1 Å². The molecular weight excluding hydrogens is 447 g/mol. The summed E-state index contributed by atoms with van der Waals surface area (Å²) in [4.78, 5) is 31.9. The highest BCUT2D eigenvalue weighted by atomic mass is 33.1. The van der Waals surface area contributed by atoms with Gasteiger partial charge in [-0.1, -0.05) is 21.6 Å². The van der Waals surface area contributed by atoms with E-state index in [2.05, 4.69) is 5.32 Å². The summed E-state index contributed by atoms with van der Waals surface area (Å²) in [5.74, 6) is -2.20. The van der Waals surface area contributed by atoms with Crippen molar-refractivity contribution in [1.29, 1.82) is 0 Å². The monoisotopic (exact) mass is 461 g/mol. The van der Waals surface area contributed by atoms with Gasteiger partial charge in [-0.2, -0.15) is 13.2 Å². The van der Waals surface area contributed by atoms with E-state index >= 15 is 0 Å². The van der Waals surface area contributed by atoms with Crippen molar-refractivity contribution in [2.45, 2.75) is 12.6 Å². The molecule has 6 nitrogen and oxygen atoms in total. The zero-order valence-corrected chi connectivity index (χ0v) is 16.7. The van der Waals surface area contributed by atoms with Gasteiger partial charge >= 0.3 is 18.1 Å². The fourth-order valence-corrected chi connectivity index (χ4v) is 5.33. The lowest BCUT2D eigenvalue weighted by molar-refractivity contribution is -0.192. The molecule has 0 saturated heterocycles. The average molecular weight is 462 g/mol. The van der Waals surface area contributed by atoms with Gasteiger partial charge in [0.25, 0.3) is 5.91 Å². The van der Waals surface area contributed by atoms with Gasteiger partial charge in [0.2, 0.25) is 0 Å². The quantitative estimate of drug-likeness (QED) is 0.400. The lowest BCUT2D eigenvalue weighted by atomic mass is 10.4. The van der Waals surface area contributed by atoms with Gasteiger partial charge in [0.05, 0.1) is 11.3 Å². The zero-order chi connectivity index (χ0) is 20.4. The minimum Gasteiger partial charge on any atom is -0.481 e. The van der Waals surface area contributed by atoms with E-state index in [1.54, 1.807) is 22.1 Å². The number of carboxylic acid groups (broad SMARTS) is 2. The van der Waals surface area contributed by atoms with Gasteiger partial charge < -0.3 is 15.5 Å². The van der Waals surface area contributed by atoms with Gasteiger partial charge in [-0.15, -0.1) is 22.7 Å². The molecule has 2 heterocycles. The molecule has 27 heavy (non-hydrogen) atoms. The van der Waals surface area contributed by atoms with Gasteiger partial charge in [-0.3, -0.25) is 9.59 Å². The Kier molecular flexibility index (Phi) is 9.98. The van der Waals surface area contributed by atoms with E-state index in [4.69, 9.17) is 15.0 Å². The van der Waals surface area contributed by atoms with E-state index in [1.165, 1.54) is 22.1 Å². The van der Waals surface area contributed by atoms with Crippen molar-refractivity contribution >= 4 is 71.5 Å². The topological polar surface area (TPSA) is 104 Å². The normalized spacial score (nSPS) is 10.9. The number of thiophene rings is 2. The van der Waals surface area contributed by atoms with Gasteiger partial charge in [0.1, 0.15) is 0 Å². The highest BCUT2D eigenvalue weighted by molar-refractivity contribution is 8.76. The standard InChI is InChI=1S/C12H13NO3S4.C2HF3O2/c14-11(15)2-5-18-19-6-3-13-12(16)10-7-9-8(20-10)1-4-17-9;3-2(4,5)1(6)7/h1,4,7H,2-3,5-6H2,(H,13,16)(H,14,15);(H,6,7). The summed E-state index contributed by atoms with van der Waals surface area (Å²) in [5.41, 5.74) is 0. The SMILES string of the molecule is O=C(O)C(F)(F)F.O=C(O)CCSSCCNC(=O)c1cc2sccc2s1. The molecule has 13 heteroatoms. The number of halogens is 3. The Morgan fingerprint density at radius 3 is 2.30 bits per heavy atom. The first-order valence-electron chi connectivity index (χ1n) is 7.13. The second-order valence-electron chi connectivity index (χ2n) is 4.61. The number of hydrogen-bond donors (Lipinski definition) is 3. The average Bonchev–Trinajstić information content (AvgIpc) is 3.14. The predicted octanol–water partition coefficient (Wildman–Crippen LogP) is 4.18. The third kappa shape index (κ3) is 9.35. The third-order valence-electron chi connectivity index (χ3n) is 2.56. The van der Waals surface area contributed by atoms with Gasteiger partial charge in [0.15, 0.2) is 0 Å². The van der Waals surface area contributed by atoms with E-state index in [0.29, 0.717) is 12.3 Å². The minimum atomic E-state index is -5.08. The Morgan fingerprint density at radius 1 is 1.11 bits per heavy atom. The highest BCUT2D eigenvalue weighted by Gasteiger charge is 2.38. The number of carbonyl (C=O) groups is 3. The lowest BCUT2D eigenvalue weighted by Crippen LogP contribution is -2.24. The van der Waals surface area contributed by atoms with Crippen molar-refractivity contribution < 1.29 is 37.8 Å². The molecule has 0 bridgehead atoms. The Balaban J connectivity index is 0.000000445. The van der Waals surface area contributed by atoms with Crippen LogP contribution in [0.15, 0.2) is 17.5 Å². The van der Waals surface area contributed by atoms with Gasteiger partial charge in [0, 0.05) is 27.5 Å². The highest BCUT2D eigenvalue weighted by Crippen LogP contribution is 2.29. The summed E-state index contributed by atoms with van der Waals surface area (Å²) in [5, 5.41) is 20.5. The van der Waals surface area contributed by atoms with Crippen LogP contribution in [-0.4, -0.2) is 52.3 Å². The Labute approximate surface area is 167 Å². The Hall–Kier alpha value is -1.44. The number of carboxylic acids is 2. The largest absolute Gasteiger partial charge is 0.490 e. The number of aliphatic carboxylic acids is 2. The molecule has 0 aliphatic rings. The van der Waals surface area contributed by atoms with Crippen LogP contribution in [0.1, 0.15) is 16.1 Å². The maximum atomic E-state index is 11.9. The number of alkyl halides is 3. The molecule has 0 aliphatic heterocycles. The molecule has 0 fully saturated rings. The first-order chi connectivity index (χ1) is 12.6. The fourth-order valence-electron chi connectivity index (χ4n) is 1.42. The molecule has 0 unspecified atom stereocenters.